The number of rotatable bonds is 3. The summed E-state index contributed by atoms with van der Waals surface area (Å²) in [5.74, 6) is -0.730. The van der Waals surface area contributed by atoms with E-state index in [0.29, 0.717) is 23.1 Å². The van der Waals surface area contributed by atoms with E-state index in [1.54, 1.807) is 37.4 Å². The molecule has 34 heavy (non-hydrogen) atoms. The smallest absolute Gasteiger partial charge is 0.255 e. The first-order valence-electron chi connectivity index (χ1n) is 10.6. The number of carbonyl (C=O) groups excluding carboxylic acids is 2. The number of nitrogens with one attached hydrogen (secondary N) is 1. The highest BCUT2D eigenvalue weighted by Gasteiger charge is 2.33. The summed E-state index contributed by atoms with van der Waals surface area (Å²) in [5, 5.41) is 21.6. The summed E-state index contributed by atoms with van der Waals surface area (Å²) in [6, 6.07) is 9.66. The Bertz CT molecular complexity index is 1140. The first-order valence-corrected chi connectivity index (χ1v) is 12.4. The molecule has 2 aromatic carbocycles. The number of ether oxygens (including phenoxy) is 1. The van der Waals surface area contributed by atoms with E-state index in [1.807, 2.05) is 0 Å². The van der Waals surface area contributed by atoms with Crippen molar-refractivity contribution in [2.75, 3.05) is 58.5 Å². The molecule has 2 aliphatic rings. The summed E-state index contributed by atoms with van der Waals surface area (Å²) in [6.07, 6.45) is 0.681. The van der Waals surface area contributed by atoms with E-state index >= 15 is 0 Å². The second-order valence-corrected chi connectivity index (χ2v) is 9.65. The van der Waals surface area contributed by atoms with Crippen molar-refractivity contribution >= 4 is 27.4 Å². The SMILES string of the molecule is CC[N+]1(C)CCOCC1.CNc1ccc(O)c2c1C(=O)c1ccccc1C2=O.CS(=O)(=O)O[O-]. The van der Waals surface area contributed by atoms with Crippen molar-refractivity contribution in [3.63, 3.8) is 0 Å². The zero-order valence-electron chi connectivity index (χ0n) is 19.7. The van der Waals surface area contributed by atoms with Crippen molar-refractivity contribution < 1.29 is 41.9 Å². The Kier molecular flexibility index (Phi) is 9.30. The highest BCUT2D eigenvalue weighted by atomic mass is 32.2. The number of hydrogen-bond acceptors (Lipinski definition) is 9. The third kappa shape index (κ3) is 6.61. The first kappa shape index (κ1) is 27.4. The lowest BCUT2D eigenvalue weighted by atomic mass is 9.83. The van der Waals surface area contributed by atoms with E-state index in [4.69, 9.17) is 9.99 Å². The van der Waals surface area contributed by atoms with Crippen molar-refractivity contribution in [2.24, 2.45) is 0 Å². The van der Waals surface area contributed by atoms with Crippen molar-refractivity contribution in [2.45, 2.75) is 6.92 Å². The maximum Gasteiger partial charge on any atom is 0.255 e. The summed E-state index contributed by atoms with van der Waals surface area (Å²) in [5.41, 5.74) is 1.58. The zero-order valence-corrected chi connectivity index (χ0v) is 20.5. The van der Waals surface area contributed by atoms with Gasteiger partial charge in [0.2, 0.25) is 0 Å². The summed E-state index contributed by atoms with van der Waals surface area (Å²) in [4.78, 5) is 24.9. The van der Waals surface area contributed by atoms with Gasteiger partial charge in [0, 0.05) is 23.9 Å². The highest BCUT2D eigenvalue weighted by molar-refractivity contribution is 7.85. The molecule has 10 nitrogen and oxygen atoms in total. The molecule has 1 aliphatic heterocycles. The van der Waals surface area contributed by atoms with E-state index in [2.05, 4.69) is 23.6 Å². The third-order valence-electron chi connectivity index (χ3n) is 5.76. The van der Waals surface area contributed by atoms with Crippen LogP contribution in [0.25, 0.3) is 0 Å². The number of ketones is 2. The number of phenolic OH excluding ortho intramolecular Hbond substituents is 1. The van der Waals surface area contributed by atoms with Crippen LogP contribution in [-0.2, 0) is 19.2 Å². The molecule has 0 spiro atoms. The van der Waals surface area contributed by atoms with E-state index in [0.717, 1.165) is 13.2 Å². The maximum atomic E-state index is 12.5. The molecule has 0 bridgehead atoms. The molecule has 0 aromatic heterocycles. The summed E-state index contributed by atoms with van der Waals surface area (Å²) in [6.45, 7) is 7.76. The Labute approximate surface area is 199 Å². The second-order valence-electron chi connectivity index (χ2n) is 8.10. The topological polar surface area (TPSA) is 142 Å². The molecule has 2 aromatic rings. The van der Waals surface area contributed by atoms with E-state index in [1.165, 1.54) is 30.2 Å². The van der Waals surface area contributed by atoms with Crippen molar-refractivity contribution in [1.29, 1.82) is 0 Å². The van der Waals surface area contributed by atoms with E-state index < -0.39 is 10.1 Å². The fourth-order valence-corrected chi connectivity index (χ4v) is 3.51. The van der Waals surface area contributed by atoms with Crippen molar-refractivity contribution in [3.8, 4) is 5.75 Å². The largest absolute Gasteiger partial charge is 0.707 e. The highest BCUT2D eigenvalue weighted by Crippen LogP contribution is 2.36. The van der Waals surface area contributed by atoms with Crippen LogP contribution in [-0.4, -0.2) is 82.8 Å². The van der Waals surface area contributed by atoms with Crippen LogP contribution in [0.2, 0.25) is 0 Å². The molecule has 186 valence electrons. The van der Waals surface area contributed by atoms with Gasteiger partial charge in [-0.2, -0.15) is 0 Å². The second kappa shape index (κ2) is 11.5. The van der Waals surface area contributed by atoms with Gasteiger partial charge >= 0.3 is 0 Å². The average Bonchev–Trinajstić information content (AvgIpc) is 2.83. The van der Waals surface area contributed by atoms with Gasteiger partial charge in [0.1, 0.15) is 18.8 Å². The summed E-state index contributed by atoms with van der Waals surface area (Å²) < 4.78 is 28.0. The van der Waals surface area contributed by atoms with Gasteiger partial charge in [-0.25, -0.2) is 8.42 Å². The number of anilines is 1. The quantitative estimate of drug-likeness (QED) is 0.235. The number of nitrogens with zero attached hydrogens (tertiary/aromatic N) is 1. The van der Waals surface area contributed by atoms with Gasteiger partial charge in [0.05, 0.1) is 44.2 Å². The van der Waals surface area contributed by atoms with Gasteiger partial charge in [-0.15, -0.1) is 0 Å². The molecule has 11 heteroatoms. The molecule has 0 radical (unpaired) electrons. The lowest BCUT2D eigenvalue weighted by molar-refractivity contribution is -0.915. The van der Waals surface area contributed by atoms with Gasteiger partial charge in [0.15, 0.2) is 11.6 Å². The number of fused-ring (bicyclic) bond motifs is 2. The number of carbonyl (C=O) groups is 2. The van der Waals surface area contributed by atoms with Gasteiger partial charge in [0.25, 0.3) is 10.1 Å². The molecule has 4 rings (SSSR count). The number of quaternary nitrogens is 1. The van der Waals surface area contributed by atoms with Crippen LogP contribution in [0.3, 0.4) is 0 Å². The zero-order chi connectivity index (χ0) is 25.5. The van der Waals surface area contributed by atoms with Gasteiger partial charge in [-0.1, -0.05) is 24.3 Å². The normalized spacial score (nSPS) is 16.1. The Hall–Kier alpha value is -2.83. The predicted octanol–water partition coefficient (Wildman–Crippen LogP) is 0.930. The van der Waals surface area contributed by atoms with Gasteiger partial charge in [-0.3, -0.25) is 9.59 Å². The monoisotopic (exact) mass is 494 g/mol. The molecule has 0 amide bonds. The number of likely N-dealkylation sites (N-methyl/N-ethyl adjacent to an activating group) is 1. The Morgan fingerprint density at radius 3 is 1.97 bits per heavy atom. The fourth-order valence-electron chi connectivity index (χ4n) is 3.51. The summed E-state index contributed by atoms with van der Waals surface area (Å²) >= 11 is 0. The number of benzene rings is 2. The molecular formula is C23H30N2O8S. The number of aromatic hydroxyl groups is 1. The number of morpholine rings is 1. The third-order valence-corrected chi connectivity index (χ3v) is 6.01. The first-order chi connectivity index (χ1) is 16.0. The molecule has 1 fully saturated rings. The molecule has 0 saturated carbocycles. The standard InChI is InChI=1S/C15H11NO3.C7H16NO.CH4O4S/c1-16-10-6-7-11(17)13-12(10)14(18)8-4-2-3-5-9(8)15(13)19;1-3-8(2)4-6-9-7-5-8;1-6(3,4)5-2/h2-7,16-17H,1H3;3-7H2,1-2H3;2H,1H3/q;+1;/p-1. The minimum atomic E-state index is -3.72. The van der Waals surface area contributed by atoms with E-state index in [9.17, 15) is 23.1 Å². The molecule has 2 N–H and O–H groups in total. The Balaban J connectivity index is 0.000000226. The van der Waals surface area contributed by atoms with Crippen LogP contribution in [0, 0.1) is 0 Å². The van der Waals surface area contributed by atoms with Crippen LogP contribution in [0.15, 0.2) is 36.4 Å². The molecule has 1 aliphatic carbocycles. The maximum absolute atomic E-state index is 12.5. The predicted molar refractivity (Wildman–Crippen MR) is 124 cm³/mol. The number of hydrogen-bond donors (Lipinski definition) is 2. The van der Waals surface area contributed by atoms with Crippen LogP contribution in [0.1, 0.15) is 38.8 Å². The summed E-state index contributed by atoms with van der Waals surface area (Å²) in [7, 11) is 0.248. The Morgan fingerprint density at radius 1 is 1.06 bits per heavy atom. The molecular weight excluding hydrogens is 464 g/mol. The molecule has 1 saturated heterocycles. The van der Waals surface area contributed by atoms with Crippen LogP contribution in [0.5, 0.6) is 5.75 Å². The minimum absolute atomic E-state index is 0.0792. The van der Waals surface area contributed by atoms with Gasteiger partial charge < -0.3 is 29.2 Å². The van der Waals surface area contributed by atoms with Crippen molar-refractivity contribution in [3.05, 3.63) is 58.7 Å². The van der Waals surface area contributed by atoms with Crippen LogP contribution >= 0.6 is 0 Å². The fraction of sp³-hybridized carbons (Fsp3) is 0.391. The molecule has 1 heterocycles. The van der Waals surface area contributed by atoms with Gasteiger partial charge in [-0.05, 0) is 19.1 Å². The van der Waals surface area contributed by atoms with Crippen molar-refractivity contribution in [1.82, 2.24) is 0 Å². The minimum Gasteiger partial charge on any atom is -0.707 e. The molecule has 0 atom stereocenters. The van der Waals surface area contributed by atoms with Crippen LogP contribution < -0.4 is 10.6 Å². The van der Waals surface area contributed by atoms with Crippen LogP contribution in [0.4, 0.5) is 5.69 Å². The average molecular weight is 495 g/mol. The lowest BCUT2D eigenvalue weighted by Crippen LogP contribution is -2.51. The lowest BCUT2D eigenvalue weighted by Gasteiger charge is -2.36. The number of phenols is 1. The molecule has 0 unspecified atom stereocenters. The van der Waals surface area contributed by atoms with E-state index in [-0.39, 0.29) is 28.4 Å². The Morgan fingerprint density at radius 2 is 1.56 bits per heavy atom.